The summed E-state index contributed by atoms with van der Waals surface area (Å²) < 4.78 is 37.1. The number of urea groups is 1. The fourth-order valence-electron chi connectivity index (χ4n) is 5.56. The molecule has 0 radical (unpaired) electrons. The number of hydrogen-bond donors (Lipinski definition) is 2. The SMILES string of the molecule is CCCN(CC1CCN(C(=O)N2CCOCC2)CC1)C(C)Cc1cccc(NC(=O)c2ccc([N+](=O)[O-])cc2)c1.O=C(O)C(F)(F)F. The first-order valence-electron chi connectivity index (χ1n) is 15.6. The molecule has 0 saturated carbocycles. The Morgan fingerprint density at radius 2 is 1.66 bits per heavy atom. The number of aliphatic carboxylic acids is 1. The fourth-order valence-corrected chi connectivity index (χ4v) is 5.56. The van der Waals surface area contributed by atoms with Crippen LogP contribution in [0.3, 0.4) is 0 Å². The molecule has 0 spiro atoms. The van der Waals surface area contributed by atoms with Gasteiger partial charge in [-0.25, -0.2) is 9.59 Å². The molecule has 1 unspecified atom stereocenters. The van der Waals surface area contributed by atoms with E-state index in [0.29, 0.717) is 49.5 Å². The van der Waals surface area contributed by atoms with E-state index in [4.69, 9.17) is 14.6 Å². The molecule has 2 aliphatic heterocycles. The number of likely N-dealkylation sites (tertiary alicyclic amines) is 1. The number of rotatable bonds is 10. The molecule has 12 nitrogen and oxygen atoms in total. The molecule has 4 rings (SSSR count). The molecule has 15 heteroatoms. The molecule has 2 saturated heterocycles. The number of nitrogens with one attached hydrogen (secondary N) is 1. The van der Waals surface area contributed by atoms with Crippen molar-refractivity contribution in [2.75, 3.05) is 57.8 Å². The summed E-state index contributed by atoms with van der Waals surface area (Å²) in [6.07, 6.45) is -1.11. The number of morpholine rings is 1. The largest absolute Gasteiger partial charge is 0.490 e. The number of nitro groups is 1. The molecule has 0 aliphatic carbocycles. The van der Waals surface area contributed by atoms with Gasteiger partial charge in [0.05, 0.1) is 18.1 Å². The minimum absolute atomic E-state index is 0.0452. The molecule has 0 aromatic heterocycles. The van der Waals surface area contributed by atoms with Crippen molar-refractivity contribution >= 4 is 29.3 Å². The molecule has 2 aromatic rings. The number of carbonyl (C=O) groups excluding carboxylic acids is 2. The standard InChI is InChI=1S/C30H41N5O5.C2HF3O2/c1-3-13-34(22-24-11-14-32(15-12-24)30(37)33-16-18-40-19-17-33)23(2)20-25-5-4-6-27(21-25)31-29(36)26-7-9-28(10-8-26)35(38)39;3-2(4,5)1(6)7/h4-10,21,23-24H,3,11-20,22H2,1-2H3,(H,31,36);(H,6,7). The van der Waals surface area contributed by atoms with Gasteiger partial charge < -0.3 is 29.9 Å². The van der Waals surface area contributed by atoms with Crippen molar-refractivity contribution in [1.29, 1.82) is 0 Å². The minimum atomic E-state index is -5.08. The third-order valence-electron chi connectivity index (χ3n) is 8.09. The number of carboxylic acids is 1. The summed E-state index contributed by atoms with van der Waals surface area (Å²) in [7, 11) is 0. The first kappa shape index (κ1) is 37.2. The van der Waals surface area contributed by atoms with Gasteiger partial charge in [-0.05, 0) is 74.9 Å². The molecule has 258 valence electrons. The lowest BCUT2D eigenvalue weighted by atomic mass is 9.95. The van der Waals surface area contributed by atoms with Gasteiger partial charge in [-0.15, -0.1) is 0 Å². The van der Waals surface area contributed by atoms with Crippen LogP contribution in [0, 0.1) is 16.0 Å². The number of alkyl halides is 3. The van der Waals surface area contributed by atoms with Gasteiger partial charge >= 0.3 is 18.2 Å². The number of nitrogens with zero attached hydrogens (tertiary/aromatic N) is 4. The third kappa shape index (κ3) is 11.8. The van der Waals surface area contributed by atoms with Crippen molar-refractivity contribution in [3.63, 3.8) is 0 Å². The van der Waals surface area contributed by atoms with E-state index in [2.05, 4.69) is 30.1 Å². The predicted molar refractivity (Wildman–Crippen MR) is 168 cm³/mol. The third-order valence-corrected chi connectivity index (χ3v) is 8.09. The van der Waals surface area contributed by atoms with Crippen molar-refractivity contribution in [3.05, 3.63) is 69.8 Å². The van der Waals surface area contributed by atoms with Crippen molar-refractivity contribution in [2.24, 2.45) is 5.92 Å². The number of non-ortho nitro benzene ring substituents is 1. The average molecular weight is 666 g/mol. The summed E-state index contributed by atoms with van der Waals surface area (Å²) in [4.78, 5) is 51.3. The highest BCUT2D eigenvalue weighted by Crippen LogP contribution is 2.23. The number of piperidine rings is 1. The molecular formula is C32H42F3N5O7. The number of amides is 3. The highest BCUT2D eigenvalue weighted by atomic mass is 19.4. The Morgan fingerprint density at radius 3 is 2.21 bits per heavy atom. The van der Waals surface area contributed by atoms with Gasteiger partial charge in [0.25, 0.3) is 11.6 Å². The highest BCUT2D eigenvalue weighted by Gasteiger charge is 2.38. The maximum Gasteiger partial charge on any atom is 0.490 e. The molecule has 1 atom stereocenters. The van der Waals surface area contributed by atoms with Gasteiger partial charge in [0.2, 0.25) is 0 Å². The number of benzene rings is 2. The highest BCUT2D eigenvalue weighted by molar-refractivity contribution is 6.04. The number of anilines is 1. The monoisotopic (exact) mass is 665 g/mol. The van der Waals surface area contributed by atoms with Crippen LogP contribution in [-0.4, -0.2) is 107 Å². The lowest BCUT2D eigenvalue weighted by Crippen LogP contribution is -2.51. The van der Waals surface area contributed by atoms with Crippen LogP contribution in [0.5, 0.6) is 0 Å². The fraction of sp³-hybridized carbons (Fsp3) is 0.531. The Balaban J connectivity index is 0.000000771. The van der Waals surface area contributed by atoms with Gasteiger partial charge in [-0.1, -0.05) is 19.1 Å². The molecule has 0 bridgehead atoms. The number of ether oxygens (including phenoxy) is 1. The van der Waals surface area contributed by atoms with Gasteiger partial charge in [0.15, 0.2) is 0 Å². The number of carbonyl (C=O) groups is 3. The van der Waals surface area contributed by atoms with E-state index in [0.717, 1.165) is 57.4 Å². The van der Waals surface area contributed by atoms with E-state index in [1.54, 1.807) is 0 Å². The predicted octanol–water partition coefficient (Wildman–Crippen LogP) is 5.29. The topological polar surface area (TPSA) is 146 Å². The number of carboxylic acid groups (broad SMARTS) is 1. The molecule has 47 heavy (non-hydrogen) atoms. The van der Waals surface area contributed by atoms with Gasteiger partial charge in [-0.2, -0.15) is 13.2 Å². The molecule has 3 amide bonds. The molecule has 2 aliphatic rings. The first-order chi connectivity index (χ1) is 22.3. The van der Waals surface area contributed by atoms with Crippen LogP contribution in [0.4, 0.5) is 29.3 Å². The summed E-state index contributed by atoms with van der Waals surface area (Å²) in [6, 6.07) is 14.0. The first-order valence-corrected chi connectivity index (χ1v) is 15.6. The van der Waals surface area contributed by atoms with E-state index in [1.165, 1.54) is 24.3 Å². The van der Waals surface area contributed by atoms with Crippen LogP contribution < -0.4 is 5.32 Å². The van der Waals surface area contributed by atoms with Crippen molar-refractivity contribution in [3.8, 4) is 0 Å². The van der Waals surface area contributed by atoms with E-state index >= 15 is 0 Å². The summed E-state index contributed by atoms with van der Waals surface area (Å²) in [5, 5.41) is 20.9. The van der Waals surface area contributed by atoms with Crippen LogP contribution in [0.25, 0.3) is 0 Å². The summed E-state index contributed by atoms with van der Waals surface area (Å²) >= 11 is 0. The second-order valence-electron chi connectivity index (χ2n) is 11.6. The van der Waals surface area contributed by atoms with Crippen LogP contribution in [-0.2, 0) is 16.0 Å². The Bertz CT molecular complexity index is 1350. The quantitative estimate of drug-likeness (QED) is 0.257. The maximum atomic E-state index is 12.8. The lowest BCUT2D eigenvalue weighted by Gasteiger charge is -2.39. The summed E-state index contributed by atoms with van der Waals surface area (Å²) in [5.41, 5.74) is 2.17. The van der Waals surface area contributed by atoms with Crippen LogP contribution in [0.2, 0.25) is 0 Å². The lowest BCUT2D eigenvalue weighted by molar-refractivity contribution is -0.384. The van der Waals surface area contributed by atoms with Crippen LogP contribution >= 0.6 is 0 Å². The number of hydrogen-bond acceptors (Lipinski definition) is 7. The Labute approximate surface area is 271 Å². The molecule has 2 fully saturated rings. The maximum absolute atomic E-state index is 12.8. The Morgan fingerprint density at radius 1 is 1.06 bits per heavy atom. The van der Waals surface area contributed by atoms with Crippen molar-refractivity contribution in [1.82, 2.24) is 14.7 Å². The molecule has 2 aromatic carbocycles. The van der Waals surface area contributed by atoms with Crippen molar-refractivity contribution in [2.45, 2.75) is 51.7 Å². The zero-order valence-corrected chi connectivity index (χ0v) is 26.6. The van der Waals surface area contributed by atoms with Crippen molar-refractivity contribution < 1.29 is 42.3 Å². The summed E-state index contributed by atoms with van der Waals surface area (Å²) in [5.74, 6) is -2.49. The van der Waals surface area contributed by atoms with Gasteiger partial charge in [0.1, 0.15) is 0 Å². The van der Waals surface area contributed by atoms with Gasteiger partial charge in [-0.3, -0.25) is 14.9 Å². The second kappa shape index (κ2) is 17.6. The average Bonchev–Trinajstić information content (AvgIpc) is 3.05. The molecule has 2 heterocycles. The normalized spacial score (nSPS) is 16.2. The Hall–Kier alpha value is -4.24. The van der Waals surface area contributed by atoms with E-state index < -0.39 is 17.1 Å². The van der Waals surface area contributed by atoms with Crippen LogP contribution in [0.1, 0.15) is 49.0 Å². The molecular weight excluding hydrogens is 623 g/mol. The van der Waals surface area contributed by atoms with E-state index in [9.17, 15) is 32.9 Å². The smallest absolute Gasteiger partial charge is 0.475 e. The molecule has 2 N–H and O–H groups in total. The second-order valence-corrected chi connectivity index (χ2v) is 11.6. The minimum Gasteiger partial charge on any atom is -0.475 e. The summed E-state index contributed by atoms with van der Waals surface area (Å²) in [6.45, 7) is 10.7. The number of nitro benzene ring substituents is 1. The number of halogens is 3. The zero-order chi connectivity index (χ0) is 34.6. The van der Waals surface area contributed by atoms with Gasteiger partial charge in [0, 0.05) is 62.1 Å². The Kier molecular flexibility index (Phi) is 13.9. The van der Waals surface area contributed by atoms with Crippen LogP contribution in [0.15, 0.2) is 48.5 Å². The zero-order valence-electron chi connectivity index (χ0n) is 26.6. The van der Waals surface area contributed by atoms with E-state index in [1.807, 2.05) is 28.0 Å². The van der Waals surface area contributed by atoms with E-state index in [-0.39, 0.29) is 17.6 Å².